The summed E-state index contributed by atoms with van der Waals surface area (Å²) in [6.45, 7) is 6.86. The highest BCUT2D eigenvalue weighted by atomic mass is 16.2. The van der Waals surface area contributed by atoms with Gasteiger partial charge in [-0.15, -0.1) is 0 Å². The molecule has 0 aliphatic carbocycles. The number of likely N-dealkylation sites (tertiary alicyclic amines) is 2. The van der Waals surface area contributed by atoms with Gasteiger partial charge in [-0.1, -0.05) is 0 Å². The molecular formula is C20H29N5O. The number of imidazole rings is 1. The molecule has 140 valence electrons. The van der Waals surface area contributed by atoms with Gasteiger partial charge < -0.3 is 9.47 Å². The molecule has 0 unspecified atom stereocenters. The molecule has 0 aromatic carbocycles. The van der Waals surface area contributed by atoms with Crippen LogP contribution in [0.15, 0.2) is 24.7 Å². The van der Waals surface area contributed by atoms with Gasteiger partial charge in [0.1, 0.15) is 5.52 Å². The van der Waals surface area contributed by atoms with Crippen LogP contribution in [-0.2, 0) is 4.79 Å². The lowest BCUT2D eigenvalue weighted by atomic mass is 9.97. The predicted octanol–water partition coefficient (Wildman–Crippen LogP) is 2.86. The number of hydrogen-bond donors (Lipinski definition) is 0. The second-order valence-electron chi connectivity index (χ2n) is 7.94. The summed E-state index contributed by atoms with van der Waals surface area (Å²) in [5.41, 5.74) is 1.93. The van der Waals surface area contributed by atoms with Crippen LogP contribution in [-0.4, -0.2) is 62.0 Å². The number of pyridine rings is 1. The molecule has 6 heteroatoms. The normalized spacial score (nSPS) is 25.7. The van der Waals surface area contributed by atoms with E-state index in [1.807, 2.05) is 24.7 Å². The maximum Gasteiger partial charge on any atom is 0.237 e. The Kier molecular flexibility index (Phi) is 4.94. The summed E-state index contributed by atoms with van der Waals surface area (Å²) < 4.78 is 2.21. The number of carbonyl (C=O) groups excluding carboxylic acids is 1. The first-order valence-corrected chi connectivity index (χ1v) is 9.94. The molecule has 2 atom stereocenters. The molecule has 0 spiro atoms. The number of rotatable bonds is 3. The van der Waals surface area contributed by atoms with Crippen LogP contribution in [0.4, 0.5) is 0 Å². The van der Waals surface area contributed by atoms with Gasteiger partial charge in [-0.05, 0) is 58.1 Å². The first-order valence-electron chi connectivity index (χ1n) is 9.94. The van der Waals surface area contributed by atoms with Crippen LogP contribution in [0.3, 0.4) is 0 Å². The predicted molar refractivity (Wildman–Crippen MR) is 102 cm³/mol. The van der Waals surface area contributed by atoms with Crippen LogP contribution in [0.5, 0.6) is 0 Å². The molecule has 2 aliphatic rings. The van der Waals surface area contributed by atoms with Crippen molar-refractivity contribution in [3.8, 4) is 0 Å². The van der Waals surface area contributed by atoms with Gasteiger partial charge in [-0.25, -0.2) is 9.97 Å². The molecule has 0 bridgehead atoms. The monoisotopic (exact) mass is 355 g/mol. The molecule has 2 saturated heterocycles. The van der Waals surface area contributed by atoms with E-state index in [1.54, 1.807) is 0 Å². The van der Waals surface area contributed by atoms with Crippen LogP contribution in [0.25, 0.3) is 11.2 Å². The number of aromatic nitrogens is 3. The number of hydrogen-bond acceptors (Lipinski definition) is 4. The summed E-state index contributed by atoms with van der Waals surface area (Å²) in [7, 11) is 0. The van der Waals surface area contributed by atoms with Crippen LogP contribution in [0.1, 0.15) is 52.0 Å². The number of fused-ring (bicyclic) bond motifs is 1. The highest BCUT2D eigenvalue weighted by Gasteiger charge is 2.31. The van der Waals surface area contributed by atoms with Gasteiger partial charge in [-0.3, -0.25) is 9.69 Å². The second-order valence-corrected chi connectivity index (χ2v) is 7.94. The molecule has 2 aliphatic heterocycles. The molecule has 1 amide bonds. The quantitative estimate of drug-likeness (QED) is 0.849. The van der Waals surface area contributed by atoms with Crippen LogP contribution in [0.2, 0.25) is 0 Å². The zero-order valence-electron chi connectivity index (χ0n) is 15.8. The van der Waals surface area contributed by atoms with Crippen molar-refractivity contribution in [1.82, 2.24) is 24.3 Å². The lowest BCUT2D eigenvalue weighted by Gasteiger charge is -2.41. The summed E-state index contributed by atoms with van der Waals surface area (Å²) >= 11 is 0. The summed E-state index contributed by atoms with van der Waals surface area (Å²) in [5, 5.41) is 0. The Labute approximate surface area is 155 Å². The van der Waals surface area contributed by atoms with E-state index in [9.17, 15) is 4.79 Å². The Morgan fingerprint density at radius 2 is 1.85 bits per heavy atom. The summed E-state index contributed by atoms with van der Waals surface area (Å²) in [6.07, 6.45) is 9.35. The first-order chi connectivity index (χ1) is 12.6. The fraction of sp³-hybridized carbons (Fsp3) is 0.650. The van der Waals surface area contributed by atoms with Gasteiger partial charge in [0.2, 0.25) is 5.91 Å². The smallest absolute Gasteiger partial charge is 0.237 e. The van der Waals surface area contributed by atoms with Gasteiger partial charge in [0.25, 0.3) is 0 Å². The average molecular weight is 355 g/mol. The van der Waals surface area contributed by atoms with Gasteiger partial charge in [0.05, 0.1) is 12.9 Å². The number of nitrogens with zero attached hydrogens (tertiary/aromatic N) is 5. The maximum absolute atomic E-state index is 12.8. The third kappa shape index (κ3) is 3.34. The Hall–Kier alpha value is -1.95. The summed E-state index contributed by atoms with van der Waals surface area (Å²) in [4.78, 5) is 26.2. The van der Waals surface area contributed by atoms with Gasteiger partial charge in [-0.2, -0.15) is 0 Å². The van der Waals surface area contributed by atoms with Gasteiger partial charge in [0, 0.05) is 37.4 Å². The zero-order chi connectivity index (χ0) is 18.1. The van der Waals surface area contributed by atoms with E-state index in [-0.39, 0.29) is 0 Å². The van der Waals surface area contributed by atoms with E-state index in [4.69, 9.17) is 0 Å². The van der Waals surface area contributed by atoms with Crippen molar-refractivity contribution in [1.29, 1.82) is 0 Å². The molecule has 26 heavy (non-hydrogen) atoms. The SMILES string of the molecule is C[C@H]1CCC[C@H](C)N1C(=O)CN1CCC(n2cnc3cccnc32)CC1. The average Bonchev–Trinajstić information content (AvgIpc) is 3.06. The Morgan fingerprint density at radius 3 is 2.58 bits per heavy atom. The van der Waals surface area contributed by atoms with E-state index in [2.05, 4.69) is 38.2 Å². The second kappa shape index (κ2) is 7.35. The molecule has 0 saturated carbocycles. The number of amides is 1. The highest BCUT2D eigenvalue weighted by molar-refractivity contribution is 5.79. The topological polar surface area (TPSA) is 54.3 Å². The van der Waals surface area contributed by atoms with Crippen molar-refractivity contribution in [2.45, 2.75) is 64.1 Å². The minimum Gasteiger partial charge on any atom is -0.336 e. The Bertz CT molecular complexity index is 754. The molecule has 6 nitrogen and oxygen atoms in total. The summed E-state index contributed by atoms with van der Waals surface area (Å²) in [5.74, 6) is 0.304. The van der Waals surface area contributed by atoms with Crippen LogP contribution >= 0.6 is 0 Å². The summed E-state index contributed by atoms with van der Waals surface area (Å²) in [6, 6.07) is 5.12. The lowest BCUT2D eigenvalue weighted by Crippen LogP contribution is -2.51. The van der Waals surface area contributed by atoms with Crippen LogP contribution < -0.4 is 0 Å². The molecule has 2 aromatic rings. The van der Waals surface area contributed by atoms with E-state index >= 15 is 0 Å². The van der Waals surface area contributed by atoms with Gasteiger partial charge >= 0.3 is 0 Å². The third-order valence-electron chi connectivity index (χ3n) is 6.12. The Morgan fingerprint density at radius 1 is 1.12 bits per heavy atom. The van der Waals surface area contributed by atoms with Crippen molar-refractivity contribution >= 4 is 17.1 Å². The maximum atomic E-state index is 12.8. The first kappa shape index (κ1) is 17.5. The van der Waals surface area contributed by atoms with Crippen molar-refractivity contribution in [2.75, 3.05) is 19.6 Å². The minimum absolute atomic E-state index is 0.304. The van der Waals surface area contributed by atoms with E-state index in [0.717, 1.165) is 49.9 Å². The number of carbonyl (C=O) groups is 1. The Balaban J connectivity index is 1.36. The van der Waals surface area contributed by atoms with E-state index in [1.165, 1.54) is 6.42 Å². The molecular weight excluding hydrogens is 326 g/mol. The fourth-order valence-electron chi connectivity index (χ4n) is 4.68. The third-order valence-corrected chi connectivity index (χ3v) is 6.12. The lowest BCUT2D eigenvalue weighted by molar-refractivity contribution is -0.138. The molecule has 4 heterocycles. The largest absolute Gasteiger partial charge is 0.336 e. The van der Waals surface area contributed by atoms with Crippen molar-refractivity contribution in [3.05, 3.63) is 24.7 Å². The highest BCUT2D eigenvalue weighted by Crippen LogP contribution is 2.27. The zero-order valence-corrected chi connectivity index (χ0v) is 15.8. The molecule has 0 radical (unpaired) electrons. The minimum atomic E-state index is 0.304. The van der Waals surface area contributed by atoms with E-state index < -0.39 is 0 Å². The standard InChI is InChI=1S/C20H29N5O/c1-15-5-3-6-16(2)25(15)19(26)13-23-11-8-17(9-12-23)24-14-22-18-7-4-10-21-20(18)24/h4,7,10,14-17H,3,5-6,8-9,11-13H2,1-2H3/t15-,16-/m0/s1. The molecule has 0 N–H and O–H groups in total. The fourth-order valence-corrected chi connectivity index (χ4v) is 4.68. The van der Waals surface area contributed by atoms with Gasteiger partial charge in [0.15, 0.2) is 5.65 Å². The van der Waals surface area contributed by atoms with Crippen molar-refractivity contribution < 1.29 is 4.79 Å². The van der Waals surface area contributed by atoms with Crippen molar-refractivity contribution in [2.24, 2.45) is 0 Å². The van der Waals surface area contributed by atoms with Crippen molar-refractivity contribution in [3.63, 3.8) is 0 Å². The molecule has 2 aromatic heterocycles. The number of piperidine rings is 2. The van der Waals surface area contributed by atoms with Crippen LogP contribution in [0, 0.1) is 0 Å². The molecule has 2 fully saturated rings. The van der Waals surface area contributed by atoms with E-state index in [0.29, 0.717) is 30.6 Å². The molecule has 4 rings (SSSR count).